The minimum Gasteiger partial charge on any atom is -0.506 e. The summed E-state index contributed by atoms with van der Waals surface area (Å²) < 4.78 is 2.27. The molecule has 2 aromatic carbocycles. The van der Waals surface area contributed by atoms with Gasteiger partial charge in [-0.15, -0.1) is 0 Å². The van der Waals surface area contributed by atoms with Gasteiger partial charge in [-0.25, -0.2) is 0 Å². The van der Waals surface area contributed by atoms with Crippen molar-refractivity contribution >= 4 is 65.1 Å². The molecule has 0 aliphatic heterocycles. The summed E-state index contributed by atoms with van der Waals surface area (Å²) in [7, 11) is 0. The fourth-order valence-electron chi connectivity index (χ4n) is 1.55. The second-order valence-electron chi connectivity index (χ2n) is 3.89. The normalized spacial score (nSPS) is 10.5. The molecule has 0 spiro atoms. The van der Waals surface area contributed by atoms with Crippen LogP contribution in [0.3, 0.4) is 0 Å². The Morgan fingerprint density at radius 3 is 2.26 bits per heavy atom. The summed E-state index contributed by atoms with van der Waals surface area (Å²) in [5, 5.41) is 13.6. The maximum absolute atomic E-state index is 9.66. The van der Waals surface area contributed by atoms with E-state index in [-0.39, 0.29) is 5.75 Å². The number of anilines is 1. The Bertz CT molecular complexity index is 596. The fourth-order valence-corrected chi connectivity index (χ4v) is 3.39. The van der Waals surface area contributed by atoms with Gasteiger partial charge in [0, 0.05) is 16.0 Å². The van der Waals surface area contributed by atoms with Crippen molar-refractivity contribution in [3.8, 4) is 5.75 Å². The smallest absolute Gasteiger partial charge is 0.143 e. The molecule has 0 amide bonds. The first kappa shape index (κ1) is 15.2. The van der Waals surface area contributed by atoms with Gasteiger partial charge < -0.3 is 10.4 Å². The van der Waals surface area contributed by atoms with E-state index in [0.29, 0.717) is 20.5 Å². The molecule has 100 valence electrons. The Morgan fingerprint density at radius 2 is 1.63 bits per heavy atom. The fraction of sp³-hybridized carbons (Fsp3) is 0.0769. The summed E-state index contributed by atoms with van der Waals surface area (Å²) in [6.45, 7) is 0.621. The summed E-state index contributed by atoms with van der Waals surface area (Å²) in [6, 6.07) is 9.31. The van der Waals surface area contributed by atoms with Crippen LogP contribution >= 0.6 is 59.4 Å². The number of rotatable bonds is 3. The number of halogens is 4. The van der Waals surface area contributed by atoms with Crippen LogP contribution in [0.4, 0.5) is 5.69 Å². The zero-order valence-electron chi connectivity index (χ0n) is 9.55. The molecule has 0 unspecified atom stereocenters. The molecule has 0 aliphatic carbocycles. The Morgan fingerprint density at radius 1 is 1.00 bits per heavy atom. The molecule has 19 heavy (non-hydrogen) atoms. The quantitative estimate of drug-likeness (QED) is 0.582. The third-order valence-corrected chi connectivity index (χ3v) is 4.62. The van der Waals surface area contributed by atoms with Crippen molar-refractivity contribution < 1.29 is 5.11 Å². The number of phenolic OH excluding ortho intramolecular Hbond substituents is 1. The van der Waals surface area contributed by atoms with Gasteiger partial charge in [0.2, 0.25) is 0 Å². The number of hydrogen-bond acceptors (Lipinski definition) is 2. The van der Waals surface area contributed by atoms with Crippen molar-refractivity contribution in [3.63, 3.8) is 0 Å². The lowest BCUT2D eigenvalue weighted by molar-refractivity contribution is 0.468. The first-order valence-electron chi connectivity index (χ1n) is 5.33. The van der Waals surface area contributed by atoms with Crippen LogP contribution in [0, 0.1) is 0 Å². The maximum atomic E-state index is 9.66. The highest BCUT2D eigenvalue weighted by molar-refractivity contribution is 9.11. The third-order valence-electron chi connectivity index (χ3n) is 2.49. The predicted molar refractivity (Wildman–Crippen MR) is 90.0 cm³/mol. The second-order valence-corrected chi connectivity index (χ2v) is 6.89. The summed E-state index contributed by atoms with van der Waals surface area (Å²) in [4.78, 5) is 0. The van der Waals surface area contributed by atoms with E-state index in [2.05, 4.69) is 53.1 Å². The standard InChI is InChI=1S/C13H9Br3ClNO/c14-9-2-1-8(17)5-12(9)18-6-7-3-10(15)13(19)11(16)4-7/h1-5,18-19H,6H2. The van der Waals surface area contributed by atoms with Crippen LogP contribution in [0.15, 0.2) is 43.7 Å². The SMILES string of the molecule is Oc1c(Br)cc(CNc2cc(Cl)ccc2Br)cc1Br. The van der Waals surface area contributed by atoms with Gasteiger partial charge in [-0.2, -0.15) is 0 Å². The molecule has 0 heterocycles. The maximum Gasteiger partial charge on any atom is 0.143 e. The average molecular weight is 470 g/mol. The molecule has 0 saturated heterocycles. The molecule has 0 bridgehead atoms. The van der Waals surface area contributed by atoms with E-state index in [1.165, 1.54) is 0 Å². The van der Waals surface area contributed by atoms with Crippen LogP contribution in [0.2, 0.25) is 5.02 Å². The predicted octanol–water partition coefficient (Wildman–Crippen LogP) is 5.95. The van der Waals surface area contributed by atoms with Gasteiger partial charge in [-0.05, 0) is 83.7 Å². The molecule has 2 N–H and O–H groups in total. The monoisotopic (exact) mass is 467 g/mol. The molecular formula is C13H9Br3ClNO. The molecule has 0 aromatic heterocycles. The highest BCUT2D eigenvalue weighted by Gasteiger charge is 2.06. The van der Waals surface area contributed by atoms with Crippen molar-refractivity contribution in [2.24, 2.45) is 0 Å². The van der Waals surface area contributed by atoms with Crippen LogP contribution in [0.1, 0.15) is 5.56 Å². The molecule has 0 fully saturated rings. The lowest BCUT2D eigenvalue weighted by atomic mass is 10.2. The van der Waals surface area contributed by atoms with Crippen LogP contribution in [0.5, 0.6) is 5.75 Å². The van der Waals surface area contributed by atoms with Crippen molar-refractivity contribution in [3.05, 3.63) is 54.3 Å². The van der Waals surface area contributed by atoms with Gasteiger partial charge in [0.15, 0.2) is 0 Å². The zero-order valence-corrected chi connectivity index (χ0v) is 15.1. The van der Waals surface area contributed by atoms with Crippen LogP contribution < -0.4 is 5.32 Å². The average Bonchev–Trinajstić information content (AvgIpc) is 2.37. The number of hydrogen-bond donors (Lipinski definition) is 2. The molecule has 0 radical (unpaired) electrons. The van der Waals surface area contributed by atoms with E-state index < -0.39 is 0 Å². The van der Waals surface area contributed by atoms with Crippen molar-refractivity contribution in [1.29, 1.82) is 0 Å². The lowest BCUT2D eigenvalue weighted by Gasteiger charge is -2.10. The van der Waals surface area contributed by atoms with Crippen LogP contribution in [0.25, 0.3) is 0 Å². The van der Waals surface area contributed by atoms with E-state index in [1.54, 1.807) is 0 Å². The largest absolute Gasteiger partial charge is 0.506 e. The topological polar surface area (TPSA) is 32.3 Å². The number of benzene rings is 2. The van der Waals surface area contributed by atoms with Crippen molar-refractivity contribution in [2.75, 3.05) is 5.32 Å². The van der Waals surface area contributed by atoms with Gasteiger partial charge in [0.05, 0.1) is 14.6 Å². The number of aromatic hydroxyl groups is 1. The first-order chi connectivity index (χ1) is 8.97. The van der Waals surface area contributed by atoms with Gasteiger partial charge >= 0.3 is 0 Å². The summed E-state index contributed by atoms with van der Waals surface area (Å²) in [5.74, 6) is 0.202. The minimum absolute atomic E-state index is 0.202. The molecule has 0 atom stereocenters. The minimum atomic E-state index is 0.202. The summed E-state index contributed by atoms with van der Waals surface area (Å²) >= 11 is 16.0. The first-order valence-corrected chi connectivity index (χ1v) is 8.09. The van der Waals surface area contributed by atoms with Gasteiger partial charge in [-0.3, -0.25) is 0 Å². The van der Waals surface area contributed by atoms with E-state index in [4.69, 9.17) is 11.6 Å². The highest BCUT2D eigenvalue weighted by atomic mass is 79.9. The molecule has 6 heteroatoms. The van der Waals surface area contributed by atoms with Crippen LogP contribution in [-0.2, 0) is 6.54 Å². The third kappa shape index (κ3) is 3.88. The Kier molecular flexibility index (Phi) is 5.17. The Labute approximate surface area is 141 Å². The van der Waals surface area contributed by atoms with E-state index in [1.807, 2.05) is 30.3 Å². The van der Waals surface area contributed by atoms with E-state index in [9.17, 15) is 5.11 Å². The van der Waals surface area contributed by atoms with E-state index >= 15 is 0 Å². The Balaban J connectivity index is 2.17. The van der Waals surface area contributed by atoms with Crippen molar-refractivity contribution in [2.45, 2.75) is 6.54 Å². The molecule has 0 aliphatic rings. The van der Waals surface area contributed by atoms with Gasteiger partial charge in [0.1, 0.15) is 5.75 Å². The number of phenols is 1. The molecule has 2 aromatic rings. The lowest BCUT2D eigenvalue weighted by Crippen LogP contribution is -2.00. The highest BCUT2D eigenvalue weighted by Crippen LogP contribution is 2.34. The molecule has 2 rings (SSSR count). The van der Waals surface area contributed by atoms with E-state index in [0.717, 1.165) is 15.7 Å². The summed E-state index contributed by atoms with van der Waals surface area (Å²) in [6.07, 6.45) is 0. The zero-order chi connectivity index (χ0) is 14.0. The second kappa shape index (κ2) is 6.48. The molecule has 2 nitrogen and oxygen atoms in total. The van der Waals surface area contributed by atoms with Crippen molar-refractivity contribution in [1.82, 2.24) is 0 Å². The van der Waals surface area contributed by atoms with Crippen LogP contribution in [-0.4, -0.2) is 5.11 Å². The molecule has 0 saturated carbocycles. The molecular weight excluding hydrogens is 461 g/mol. The number of nitrogens with one attached hydrogen (secondary N) is 1. The van der Waals surface area contributed by atoms with Gasteiger partial charge in [-0.1, -0.05) is 11.6 Å². The van der Waals surface area contributed by atoms with Gasteiger partial charge in [0.25, 0.3) is 0 Å². The summed E-state index contributed by atoms with van der Waals surface area (Å²) in [5.41, 5.74) is 1.95. The Hall–Kier alpha value is -0.230.